The van der Waals surface area contributed by atoms with Crippen LogP contribution in [0.2, 0.25) is 0 Å². The van der Waals surface area contributed by atoms with Gasteiger partial charge in [-0.2, -0.15) is 0 Å². The third kappa shape index (κ3) is 1.87. The number of hydrogen-bond donors (Lipinski definition) is 1. The maximum absolute atomic E-state index is 5.84. The van der Waals surface area contributed by atoms with E-state index in [4.69, 9.17) is 5.73 Å². The Morgan fingerprint density at radius 2 is 1.79 bits per heavy atom. The zero-order chi connectivity index (χ0) is 13.6. The Kier molecular flexibility index (Phi) is 2.56. The first-order valence-corrected chi connectivity index (χ1v) is 6.38. The normalized spacial score (nSPS) is 11.1. The van der Waals surface area contributed by atoms with Crippen molar-refractivity contribution in [1.82, 2.24) is 9.38 Å². The van der Waals surface area contributed by atoms with Crippen LogP contribution < -0.4 is 5.73 Å². The molecule has 0 saturated carbocycles. The number of nitrogens with zero attached hydrogens (tertiary/aromatic N) is 2. The Morgan fingerprint density at radius 1 is 1.00 bits per heavy atom. The van der Waals surface area contributed by atoms with Gasteiger partial charge in [-0.15, -0.1) is 0 Å². The minimum Gasteiger partial charge on any atom is -0.398 e. The summed E-state index contributed by atoms with van der Waals surface area (Å²) in [5.41, 5.74) is 12.4. The number of anilines is 1. The zero-order valence-corrected chi connectivity index (χ0v) is 11.4. The van der Waals surface area contributed by atoms with Crippen molar-refractivity contribution in [2.24, 2.45) is 0 Å². The average Bonchev–Trinajstić information content (AvgIpc) is 2.70. The second-order valence-electron chi connectivity index (χ2n) is 5.02. The Balaban J connectivity index is 2.28. The summed E-state index contributed by atoms with van der Waals surface area (Å²) in [4.78, 5) is 4.68. The van der Waals surface area contributed by atoms with Crippen molar-refractivity contribution in [2.45, 2.75) is 20.8 Å². The van der Waals surface area contributed by atoms with Gasteiger partial charge in [0.15, 0.2) is 0 Å². The molecule has 2 heterocycles. The van der Waals surface area contributed by atoms with Crippen molar-refractivity contribution in [1.29, 1.82) is 0 Å². The van der Waals surface area contributed by atoms with Crippen LogP contribution in [0.15, 0.2) is 36.5 Å². The molecule has 96 valence electrons. The molecular weight excluding hydrogens is 234 g/mol. The lowest BCUT2D eigenvalue weighted by atomic mass is 10.0. The maximum atomic E-state index is 5.84. The summed E-state index contributed by atoms with van der Waals surface area (Å²) in [5.74, 6) is 0.954. The number of rotatable bonds is 1. The van der Waals surface area contributed by atoms with E-state index < -0.39 is 0 Å². The predicted molar refractivity (Wildman–Crippen MR) is 79.3 cm³/mol. The molecule has 3 aromatic rings. The maximum Gasteiger partial charge on any atom is 0.110 e. The number of fused-ring (bicyclic) bond motifs is 1. The molecule has 2 aromatic heterocycles. The van der Waals surface area contributed by atoms with E-state index in [0.29, 0.717) is 0 Å². The van der Waals surface area contributed by atoms with Crippen molar-refractivity contribution in [3.63, 3.8) is 0 Å². The molecule has 19 heavy (non-hydrogen) atoms. The van der Waals surface area contributed by atoms with Crippen LogP contribution in [-0.2, 0) is 0 Å². The second kappa shape index (κ2) is 4.12. The van der Waals surface area contributed by atoms with Crippen LogP contribution in [0, 0.1) is 20.8 Å². The van der Waals surface area contributed by atoms with Crippen LogP contribution in [0.5, 0.6) is 0 Å². The van der Waals surface area contributed by atoms with Gasteiger partial charge in [-0.1, -0.05) is 12.1 Å². The van der Waals surface area contributed by atoms with Crippen LogP contribution >= 0.6 is 0 Å². The monoisotopic (exact) mass is 251 g/mol. The molecule has 0 unspecified atom stereocenters. The van der Waals surface area contributed by atoms with Gasteiger partial charge < -0.3 is 10.1 Å². The minimum atomic E-state index is 0.750. The zero-order valence-electron chi connectivity index (χ0n) is 11.4. The second-order valence-corrected chi connectivity index (χ2v) is 5.02. The number of nitrogen functional groups attached to an aromatic ring is 1. The molecular formula is C16H17N3. The van der Waals surface area contributed by atoms with Crippen LogP contribution in [0.25, 0.3) is 16.8 Å². The van der Waals surface area contributed by atoms with E-state index in [2.05, 4.69) is 37.0 Å². The van der Waals surface area contributed by atoms with Gasteiger partial charge in [0.1, 0.15) is 5.82 Å². The molecule has 1 aromatic carbocycles. The fourth-order valence-corrected chi connectivity index (χ4v) is 2.35. The summed E-state index contributed by atoms with van der Waals surface area (Å²) in [6.45, 7) is 6.25. The smallest absolute Gasteiger partial charge is 0.110 e. The van der Waals surface area contributed by atoms with Gasteiger partial charge in [0.25, 0.3) is 0 Å². The standard InChI is InChI=1S/C16H17N3/c1-10-4-5-13(8-11(10)2)16-15-7-6-14(17)9-19(15)12(3)18-16/h4-9H,17H2,1-3H3. The fourth-order valence-electron chi connectivity index (χ4n) is 2.35. The van der Waals surface area contributed by atoms with E-state index in [-0.39, 0.29) is 0 Å². The molecule has 3 rings (SSSR count). The molecule has 0 aliphatic rings. The summed E-state index contributed by atoms with van der Waals surface area (Å²) in [6.07, 6.45) is 1.92. The average molecular weight is 251 g/mol. The molecule has 0 spiro atoms. The SMILES string of the molecule is Cc1ccc(-c2nc(C)n3cc(N)ccc23)cc1C. The number of aromatic nitrogens is 2. The Labute approximate surface area is 112 Å². The number of pyridine rings is 1. The van der Waals surface area contributed by atoms with E-state index in [1.165, 1.54) is 11.1 Å². The molecule has 2 N–H and O–H groups in total. The number of benzene rings is 1. The van der Waals surface area contributed by atoms with Gasteiger partial charge in [0.2, 0.25) is 0 Å². The van der Waals surface area contributed by atoms with Crippen LogP contribution in [0.1, 0.15) is 17.0 Å². The largest absolute Gasteiger partial charge is 0.398 e. The van der Waals surface area contributed by atoms with Gasteiger partial charge in [-0.05, 0) is 50.1 Å². The van der Waals surface area contributed by atoms with Crippen molar-refractivity contribution in [3.8, 4) is 11.3 Å². The van der Waals surface area contributed by atoms with Crippen molar-refractivity contribution in [2.75, 3.05) is 5.73 Å². The molecule has 3 nitrogen and oxygen atoms in total. The molecule has 0 aliphatic carbocycles. The molecule has 3 heteroatoms. The van der Waals surface area contributed by atoms with Gasteiger partial charge in [0, 0.05) is 17.4 Å². The Morgan fingerprint density at radius 3 is 2.53 bits per heavy atom. The summed E-state index contributed by atoms with van der Waals surface area (Å²) < 4.78 is 2.04. The summed E-state index contributed by atoms with van der Waals surface area (Å²) in [6, 6.07) is 10.4. The number of imidazole rings is 1. The van der Waals surface area contributed by atoms with Crippen LogP contribution in [0.3, 0.4) is 0 Å². The lowest BCUT2D eigenvalue weighted by Gasteiger charge is -2.04. The van der Waals surface area contributed by atoms with Crippen LogP contribution in [-0.4, -0.2) is 9.38 Å². The van der Waals surface area contributed by atoms with E-state index in [1.54, 1.807) is 0 Å². The lowest BCUT2D eigenvalue weighted by molar-refractivity contribution is 1.05. The van der Waals surface area contributed by atoms with Gasteiger partial charge in [-0.25, -0.2) is 4.98 Å². The highest BCUT2D eigenvalue weighted by atomic mass is 15.0. The number of hydrogen-bond acceptors (Lipinski definition) is 2. The predicted octanol–water partition coefficient (Wildman–Crippen LogP) is 3.51. The fraction of sp³-hybridized carbons (Fsp3) is 0.188. The first-order valence-electron chi connectivity index (χ1n) is 6.38. The number of nitrogens with two attached hydrogens (primary N) is 1. The van der Waals surface area contributed by atoms with E-state index in [9.17, 15) is 0 Å². The molecule has 0 fully saturated rings. The molecule has 0 aliphatic heterocycles. The number of aryl methyl sites for hydroxylation is 3. The molecule has 0 bridgehead atoms. The van der Waals surface area contributed by atoms with E-state index >= 15 is 0 Å². The molecule has 0 radical (unpaired) electrons. The van der Waals surface area contributed by atoms with Crippen molar-refractivity contribution >= 4 is 11.2 Å². The third-order valence-corrected chi connectivity index (χ3v) is 3.62. The van der Waals surface area contributed by atoms with Crippen LogP contribution in [0.4, 0.5) is 5.69 Å². The lowest BCUT2D eigenvalue weighted by Crippen LogP contribution is -1.91. The minimum absolute atomic E-state index is 0.750. The highest BCUT2D eigenvalue weighted by Gasteiger charge is 2.10. The molecule has 0 saturated heterocycles. The van der Waals surface area contributed by atoms with Crippen molar-refractivity contribution < 1.29 is 0 Å². The summed E-state index contributed by atoms with van der Waals surface area (Å²) >= 11 is 0. The third-order valence-electron chi connectivity index (χ3n) is 3.62. The quantitative estimate of drug-likeness (QED) is 0.719. The highest BCUT2D eigenvalue weighted by molar-refractivity contribution is 5.79. The van der Waals surface area contributed by atoms with Gasteiger partial charge >= 0.3 is 0 Å². The Hall–Kier alpha value is -2.29. The first-order chi connectivity index (χ1) is 9.06. The van der Waals surface area contributed by atoms with Crippen molar-refractivity contribution in [3.05, 3.63) is 53.5 Å². The molecule has 0 amide bonds. The summed E-state index contributed by atoms with van der Waals surface area (Å²) in [5, 5.41) is 0. The van der Waals surface area contributed by atoms with Gasteiger partial charge in [-0.3, -0.25) is 0 Å². The van der Waals surface area contributed by atoms with Gasteiger partial charge in [0.05, 0.1) is 11.2 Å². The summed E-state index contributed by atoms with van der Waals surface area (Å²) in [7, 11) is 0. The molecule has 0 atom stereocenters. The highest BCUT2D eigenvalue weighted by Crippen LogP contribution is 2.27. The topological polar surface area (TPSA) is 43.3 Å². The van der Waals surface area contributed by atoms with E-state index in [0.717, 1.165) is 28.3 Å². The first kappa shape index (κ1) is 11.8. The van der Waals surface area contributed by atoms with E-state index in [1.807, 2.05) is 29.7 Å². The Bertz CT molecular complexity index is 769.